The molecule has 0 saturated carbocycles. The van der Waals surface area contributed by atoms with Crippen molar-refractivity contribution in [3.63, 3.8) is 0 Å². The lowest BCUT2D eigenvalue weighted by atomic mass is 10.8. The molecule has 0 rings (SSSR count). The number of hydrogen-bond acceptors (Lipinski definition) is 2. The monoisotopic (exact) mass is 135 g/mol. The van der Waals surface area contributed by atoms with E-state index in [0.717, 1.165) is 6.54 Å². The van der Waals surface area contributed by atoms with Gasteiger partial charge >= 0.3 is 0 Å². The Hall–Kier alpha value is 0.0200. The Morgan fingerprint density at radius 3 is 1.25 bits per heavy atom. The fourth-order valence-corrected chi connectivity index (χ4v) is 0. The Labute approximate surface area is 58.7 Å². The minimum atomic E-state index is 0.759. The summed E-state index contributed by atoms with van der Waals surface area (Å²) in [5, 5.41) is 0. The SMILES string of the molecule is CC.CC.CCN=S. The molecule has 0 aromatic heterocycles. The first kappa shape index (κ1) is 15.7. The summed E-state index contributed by atoms with van der Waals surface area (Å²) in [6.07, 6.45) is 0. The second-order valence-corrected chi connectivity index (χ2v) is 0.704. The van der Waals surface area contributed by atoms with Crippen molar-refractivity contribution < 1.29 is 0 Å². The van der Waals surface area contributed by atoms with Gasteiger partial charge < -0.3 is 0 Å². The van der Waals surface area contributed by atoms with Gasteiger partial charge in [0.25, 0.3) is 0 Å². The topological polar surface area (TPSA) is 12.4 Å². The van der Waals surface area contributed by atoms with Crippen molar-refractivity contribution in [2.24, 2.45) is 4.36 Å². The molecule has 0 aromatic rings. The van der Waals surface area contributed by atoms with Crippen LogP contribution in [0.4, 0.5) is 0 Å². The van der Waals surface area contributed by atoms with E-state index in [4.69, 9.17) is 0 Å². The van der Waals surface area contributed by atoms with Crippen LogP contribution >= 0.6 is 0 Å². The molecule has 0 atom stereocenters. The molecule has 0 radical (unpaired) electrons. The summed E-state index contributed by atoms with van der Waals surface area (Å²) in [4.78, 5) is 0. The van der Waals surface area contributed by atoms with Crippen LogP contribution < -0.4 is 0 Å². The Balaban J connectivity index is -0.0000000542. The third-order valence-electron chi connectivity index (χ3n) is 0.129. The summed E-state index contributed by atoms with van der Waals surface area (Å²) >= 11 is 4.18. The van der Waals surface area contributed by atoms with E-state index in [0.29, 0.717) is 0 Å². The standard InChI is InChI=1S/C2H5NS.2C2H6/c1-2-3-4;2*1-2/h2H2,1H3;2*1-2H3. The van der Waals surface area contributed by atoms with E-state index in [-0.39, 0.29) is 0 Å². The summed E-state index contributed by atoms with van der Waals surface area (Å²) in [5.74, 6) is 0. The van der Waals surface area contributed by atoms with Crippen LogP contribution in [0.3, 0.4) is 0 Å². The van der Waals surface area contributed by atoms with E-state index in [1.165, 1.54) is 0 Å². The highest BCUT2D eigenvalue weighted by Crippen LogP contribution is 1.52. The molecule has 0 aliphatic heterocycles. The third-order valence-corrected chi connectivity index (χ3v) is 0.387. The lowest BCUT2D eigenvalue weighted by Crippen LogP contribution is -1.53. The fourth-order valence-electron chi connectivity index (χ4n) is 0. The zero-order chi connectivity index (χ0) is 7.41. The van der Waals surface area contributed by atoms with Gasteiger partial charge in [-0.3, -0.25) is 0 Å². The van der Waals surface area contributed by atoms with Crippen molar-refractivity contribution in [3.05, 3.63) is 0 Å². The van der Waals surface area contributed by atoms with Crippen molar-refractivity contribution in [2.75, 3.05) is 6.54 Å². The van der Waals surface area contributed by atoms with Gasteiger partial charge in [-0.2, -0.15) is 0 Å². The number of nitrogens with zero attached hydrogens (tertiary/aromatic N) is 1. The van der Waals surface area contributed by atoms with Gasteiger partial charge in [-0.1, -0.05) is 27.7 Å². The number of rotatable bonds is 1. The van der Waals surface area contributed by atoms with Gasteiger partial charge in [0.1, 0.15) is 0 Å². The van der Waals surface area contributed by atoms with Crippen LogP contribution in [0, 0.1) is 0 Å². The molecule has 0 N–H and O–H groups in total. The minimum absolute atomic E-state index is 0.759. The van der Waals surface area contributed by atoms with E-state index in [2.05, 4.69) is 16.8 Å². The Morgan fingerprint density at radius 1 is 1.12 bits per heavy atom. The van der Waals surface area contributed by atoms with Crippen LogP contribution in [-0.2, 0) is 12.4 Å². The first-order chi connectivity index (χ1) is 3.91. The summed E-state index contributed by atoms with van der Waals surface area (Å²) in [6.45, 7) is 10.7. The molecule has 2 heteroatoms. The van der Waals surface area contributed by atoms with Crippen LogP contribution in [0.2, 0.25) is 0 Å². The van der Waals surface area contributed by atoms with Gasteiger partial charge in [-0.15, -0.1) is 0 Å². The van der Waals surface area contributed by atoms with Crippen LogP contribution in [-0.4, -0.2) is 6.54 Å². The molecule has 8 heavy (non-hydrogen) atoms. The predicted molar refractivity (Wildman–Crippen MR) is 43.0 cm³/mol. The minimum Gasteiger partial charge on any atom is -0.220 e. The zero-order valence-electron chi connectivity index (χ0n) is 6.56. The van der Waals surface area contributed by atoms with E-state index in [1.807, 2.05) is 34.6 Å². The van der Waals surface area contributed by atoms with Gasteiger partial charge in [-0.05, 0) is 6.92 Å². The molecule has 0 heterocycles. The summed E-state index contributed by atoms with van der Waals surface area (Å²) in [5.41, 5.74) is 0. The molecule has 52 valence electrons. The quantitative estimate of drug-likeness (QED) is 0.538. The van der Waals surface area contributed by atoms with Crippen LogP contribution in [0.25, 0.3) is 0 Å². The lowest BCUT2D eigenvalue weighted by molar-refractivity contribution is 1.16. The van der Waals surface area contributed by atoms with Gasteiger partial charge in [0.15, 0.2) is 0 Å². The van der Waals surface area contributed by atoms with E-state index in [1.54, 1.807) is 0 Å². The average Bonchev–Trinajstić information content (AvgIpc) is 1.96. The smallest absolute Gasteiger partial charge is 0.0492 e. The Kier molecular flexibility index (Phi) is 122. The zero-order valence-corrected chi connectivity index (χ0v) is 7.38. The maximum Gasteiger partial charge on any atom is 0.0492 e. The normalized spacial score (nSPS) is 4.62. The summed E-state index contributed by atoms with van der Waals surface area (Å²) < 4.78 is 3.32. The molecular weight excluding hydrogens is 118 g/mol. The van der Waals surface area contributed by atoms with Gasteiger partial charge in [-0.25, -0.2) is 4.36 Å². The van der Waals surface area contributed by atoms with Crippen LogP contribution in [0.1, 0.15) is 34.6 Å². The lowest BCUT2D eigenvalue weighted by Gasteiger charge is -1.57. The highest BCUT2D eigenvalue weighted by atomic mass is 32.1. The van der Waals surface area contributed by atoms with E-state index >= 15 is 0 Å². The molecule has 0 unspecified atom stereocenters. The highest BCUT2D eigenvalue weighted by molar-refractivity contribution is 7.47. The van der Waals surface area contributed by atoms with Crippen molar-refractivity contribution in [3.8, 4) is 0 Å². The second kappa shape index (κ2) is 62.3. The maximum absolute atomic E-state index is 4.18. The molecule has 1 nitrogen and oxygen atoms in total. The second-order valence-electron chi connectivity index (χ2n) is 0.445. The van der Waals surface area contributed by atoms with Crippen molar-refractivity contribution in [1.29, 1.82) is 0 Å². The summed E-state index contributed by atoms with van der Waals surface area (Å²) in [6, 6.07) is 0. The molecule has 0 spiro atoms. The molecule has 0 aliphatic rings. The summed E-state index contributed by atoms with van der Waals surface area (Å²) in [7, 11) is 0. The van der Waals surface area contributed by atoms with Crippen LogP contribution in [0.5, 0.6) is 0 Å². The molecular formula is C6H17NS. The average molecular weight is 135 g/mol. The largest absolute Gasteiger partial charge is 0.220 e. The maximum atomic E-state index is 4.18. The fraction of sp³-hybridized carbons (Fsp3) is 1.00. The molecule has 0 aromatic carbocycles. The third kappa shape index (κ3) is 146. The molecule has 0 fully saturated rings. The highest BCUT2D eigenvalue weighted by Gasteiger charge is 1.46. The van der Waals surface area contributed by atoms with Crippen molar-refractivity contribution >= 4 is 12.4 Å². The van der Waals surface area contributed by atoms with Crippen LogP contribution in [0.15, 0.2) is 4.36 Å². The Morgan fingerprint density at radius 2 is 1.25 bits per heavy atom. The first-order valence-electron chi connectivity index (χ1n) is 3.21. The van der Waals surface area contributed by atoms with E-state index < -0.39 is 0 Å². The van der Waals surface area contributed by atoms with Crippen molar-refractivity contribution in [1.82, 2.24) is 0 Å². The molecule has 0 aliphatic carbocycles. The van der Waals surface area contributed by atoms with Crippen molar-refractivity contribution in [2.45, 2.75) is 34.6 Å². The van der Waals surface area contributed by atoms with Gasteiger partial charge in [0.05, 0.1) is 0 Å². The Bertz CT molecular complexity index is 22.5. The molecule has 0 bridgehead atoms. The van der Waals surface area contributed by atoms with E-state index in [9.17, 15) is 0 Å². The van der Waals surface area contributed by atoms with Gasteiger partial charge in [0, 0.05) is 19.0 Å². The first-order valence-corrected chi connectivity index (χ1v) is 3.57. The molecule has 0 amide bonds. The predicted octanol–water partition coefficient (Wildman–Crippen LogP) is 2.79. The van der Waals surface area contributed by atoms with Gasteiger partial charge in [0.2, 0.25) is 0 Å². The number of hydrogen-bond donors (Lipinski definition) is 0. The molecule has 0 saturated heterocycles.